The average molecular weight is 311 g/mol. The highest BCUT2D eigenvalue weighted by Gasteiger charge is 2.11. The van der Waals surface area contributed by atoms with E-state index in [4.69, 9.17) is 16.0 Å². The summed E-state index contributed by atoms with van der Waals surface area (Å²) in [5, 5.41) is 1.59. The number of hydrogen-bond acceptors (Lipinski definition) is 3. The van der Waals surface area contributed by atoms with Gasteiger partial charge in [0.1, 0.15) is 0 Å². The van der Waals surface area contributed by atoms with Gasteiger partial charge in [-0.25, -0.2) is 4.79 Å². The minimum atomic E-state index is -0.398. The zero-order valence-electron chi connectivity index (χ0n) is 11.5. The number of hydrogen-bond donors (Lipinski definition) is 0. The summed E-state index contributed by atoms with van der Waals surface area (Å²) < 4.78 is 6.86. The number of nitrogens with zero attached hydrogens (tertiary/aromatic N) is 2. The van der Waals surface area contributed by atoms with Gasteiger partial charge in [-0.05, 0) is 23.8 Å². The fraction of sp³-hybridized carbons (Fsp3) is 0.0588. The van der Waals surface area contributed by atoms with Gasteiger partial charge in [-0.3, -0.25) is 9.55 Å². The van der Waals surface area contributed by atoms with Crippen LogP contribution in [0.2, 0.25) is 5.02 Å². The first kappa shape index (κ1) is 13.1. The van der Waals surface area contributed by atoms with Gasteiger partial charge in [0.25, 0.3) is 0 Å². The minimum absolute atomic E-state index is 0.398. The van der Waals surface area contributed by atoms with Crippen molar-refractivity contribution in [1.82, 2.24) is 9.55 Å². The Balaban J connectivity index is 1.90. The number of aromatic nitrogens is 2. The highest BCUT2D eigenvalue weighted by atomic mass is 35.5. The van der Waals surface area contributed by atoms with Crippen molar-refractivity contribution in [1.29, 1.82) is 0 Å². The van der Waals surface area contributed by atoms with Crippen LogP contribution in [-0.2, 0) is 6.54 Å². The van der Waals surface area contributed by atoms with Crippen molar-refractivity contribution in [2.75, 3.05) is 0 Å². The quantitative estimate of drug-likeness (QED) is 0.565. The molecule has 0 aliphatic carbocycles. The Kier molecular flexibility index (Phi) is 2.98. The van der Waals surface area contributed by atoms with Gasteiger partial charge in [0, 0.05) is 22.7 Å². The van der Waals surface area contributed by atoms with E-state index < -0.39 is 5.76 Å². The number of oxazole rings is 1. The summed E-state index contributed by atoms with van der Waals surface area (Å²) in [5.74, 6) is -0.398. The predicted octanol–water partition coefficient (Wildman–Crippen LogP) is 3.84. The van der Waals surface area contributed by atoms with E-state index >= 15 is 0 Å². The molecule has 2 heterocycles. The van der Waals surface area contributed by atoms with Crippen LogP contribution in [0.5, 0.6) is 0 Å². The maximum Gasteiger partial charge on any atom is 0.420 e. The normalized spacial score (nSPS) is 11.3. The SMILES string of the molecule is O=c1oc2cc(Cl)ccc2n1Cc1cccc2cccnc12. The molecule has 0 saturated heterocycles. The lowest BCUT2D eigenvalue weighted by molar-refractivity contribution is 0.518. The fourth-order valence-electron chi connectivity index (χ4n) is 2.66. The summed E-state index contributed by atoms with van der Waals surface area (Å²) in [6.07, 6.45) is 1.75. The van der Waals surface area contributed by atoms with E-state index in [2.05, 4.69) is 4.98 Å². The van der Waals surface area contributed by atoms with Gasteiger partial charge in [-0.1, -0.05) is 35.9 Å². The van der Waals surface area contributed by atoms with Crippen LogP contribution in [0, 0.1) is 0 Å². The Hall–Kier alpha value is -2.59. The van der Waals surface area contributed by atoms with E-state index in [9.17, 15) is 4.79 Å². The number of halogens is 1. The van der Waals surface area contributed by atoms with E-state index in [-0.39, 0.29) is 0 Å². The summed E-state index contributed by atoms with van der Waals surface area (Å²) in [5.41, 5.74) is 3.08. The first-order chi connectivity index (χ1) is 10.7. The van der Waals surface area contributed by atoms with E-state index in [1.54, 1.807) is 29.0 Å². The van der Waals surface area contributed by atoms with Crippen LogP contribution in [0.4, 0.5) is 0 Å². The molecule has 0 aliphatic heterocycles. The minimum Gasteiger partial charge on any atom is -0.408 e. The van der Waals surface area contributed by atoms with Crippen LogP contribution in [-0.4, -0.2) is 9.55 Å². The van der Waals surface area contributed by atoms with Crippen LogP contribution in [0.3, 0.4) is 0 Å². The first-order valence-corrected chi connectivity index (χ1v) is 7.22. The lowest BCUT2D eigenvalue weighted by Crippen LogP contribution is -2.15. The molecule has 0 N–H and O–H groups in total. The molecule has 0 radical (unpaired) electrons. The largest absolute Gasteiger partial charge is 0.420 e. The van der Waals surface area contributed by atoms with Gasteiger partial charge >= 0.3 is 5.76 Å². The van der Waals surface area contributed by atoms with Crippen LogP contribution in [0.25, 0.3) is 22.0 Å². The Labute approximate surface area is 130 Å². The number of fused-ring (bicyclic) bond motifs is 2. The third-order valence-electron chi connectivity index (χ3n) is 3.68. The van der Waals surface area contributed by atoms with E-state index in [1.165, 1.54) is 0 Å². The highest BCUT2D eigenvalue weighted by molar-refractivity contribution is 6.31. The Morgan fingerprint density at radius 2 is 2.00 bits per heavy atom. The molecule has 4 aromatic rings. The second kappa shape index (κ2) is 5.00. The van der Waals surface area contributed by atoms with Crippen LogP contribution >= 0.6 is 11.6 Å². The summed E-state index contributed by atoms with van der Waals surface area (Å²) in [6.45, 7) is 0.405. The molecule has 2 aromatic heterocycles. The molecule has 0 saturated carbocycles. The predicted molar refractivity (Wildman–Crippen MR) is 86.3 cm³/mol. The van der Waals surface area contributed by atoms with E-state index in [0.717, 1.165) is 22.0 Å². The van der Waals surface area contributed by atoms with Gasteiger partial charge in [-0.15, -0.1) is 0 Å². The average Bonchev–Trinajstić information content (AvgIpc) is 2.83. The Morgan fingerprint density at radius 1 is 1.14 bits per heavy atom. The third-order valence-corrected chi connectivity index (χ3v) is 3.91. The highest BCUT2D eigenvalue weighted by Crippen LogP contribution is 2.21. The second-order valence-corrected chi connectivity index (χ2v) is 5.49. The lowest BCUT2D eigenvalue weighted by atomic mass is 10.1. The number of rotatable bonds is 2. The van der Waals surface area contributed by atoms with Crippen molar-refractivity contribution in [2.45, 2.75) is 6.54 Å². The molecule has 4 rings (SSSR count). The van der Waals surface area contributed by atoms with Crippen LogP contribution in [0.15, 0.2) is 63.9 Å². The molecule has 0 atom stereocenters. The Bertz CT molecular complexity index is 1040. The molecule has 0 aliphatic rings. The Morgan fingerprint density at radius 3 is 2.91 bits per heavy atom. The van der Waals surface area contributed by atoms with E-state index in [1.807, 2.05) is 30.3 Å². The van der Waals surface area contributed by atoms with Crippen molar-refractivity contribution < 1.29 is 4.42 Å². The molecule has 22 heavy (non-hydrogen) atoms. The summed E-state index contributed by atoms with van der Waals surface area (Å²) in [7, 11) is 0. The van der Waals surface area contributed by atoms with Crippen molar-refractivity contribution in [3.8, 4) is 0 Å². The fourth-order valence-corrected chi connectivity index (χ4v) is 2.82. The molecular weight excluding hydrogens is 300 g/mol. The first-order valence-electron chi connectivity index (χ1n) is 6.84. The molecule has 0 bridgehead atoms. The standard InChI is InChI=1S/C17H11ClN2O2/c18-13-6-7-14-15(9-13)22-17(21)20(14)10-12-4-1-3-11-5-2-8-19-16(11)12/h1-9H,10H2. The van der Waals surface area contributed by atoms with Gasteiger partial charge in [-0.2, -0.15) is 0 Å². The van der Waals surface area contributed by atoms with Crippen LogP contribution in [0.1, 0.15) is 5.56 Å². The summed E-state index contributed by atoms with van der Waals surface area (Å²) >= 11 is 5.94. The van der Waals surface area contributed by atoms with Gasteiger partial charge in [0.2, 0.25) is 0 Å². The van der Waals surface area contributed by atoms with Crippen molar-refractivity contribution in [3.05, 3.63) is 75.9 Å². The third kappa shape index (κ3) is 2.09. The number of benzene rings is 2. The molecule has 0 fully saturated rings. The van der Waals surface area contributed by atoms with Gasteiger partial charge in [0.15, 0.2) is 5.58 Å². The molecule has 0 unspecified atom stereocenters. The monoisotopic (exact) mass is 310 g/mol. The number of pyridine rings is 1. The van der Waals surface area contributed by atoms with Crippen molar-refractivity contribution >= 4 is 33.6 Å². The molecular formula is C17H11ClN2O2. The summed E-state index contributed by atoms with van der Waals surface area (Å²) in [4.78, 5) is 16.5. The topological polar surface area (TPSA) is 48.0 Å². The second-order valence-electron chi connectivity index (χ2n) is 5.06. The summed E-state index contributed by atoms with van der Waals surface area (Å²) in [6, 6.07) is 15.0. The van der Waals surface area contributed by atoms with Gasteiger partial charge in [0.05, 0.1) is 17.6 Å². The molecule has 0 spiro atoms. The molecule has 0 amide bonds. The van der Waals surface area contributed by atoms with Crippen molar-refractivity contribution in [3.63, 3.8) is 0 Å². The maximum atomic E-state index is 12.1. The molecule has 4 nitrogen and oxygen atoms in total. The number of para-hydroxylation sites is 1. The lowest BCUT2D eigenvalue weighted by Gasteiger charge is -2.06. The van der Waals surface area contributed by atoms with Crippen molar-refractivity contribution in [2.24, 2.45) is 0 Å². The molecule has 108 valence electrons. The molecule has 5 heteroatoms. The van der Waals surface area contributed by atoms with E-state index in [0.29, 0.717) is 17.2 Å². The van der Waals surface area contributed by atoms with Gasteiger partial charge < -0.3 is 4.42 Å². The smallest absolute Gasteiger partial charge is 0.408 e. The van der Waals surface area contributed by atoms with Crippen LogP contribution < -0.4 is 5.76 Å². The maximum absolute atomic E-state index is 12.1. The molecule has 2 aromatic carbocycles. The zero-order valence-corrected chi connectivity index (χ0v) is 12.2. The zero-order chi connectivity index (χ0) is 15.1.